The van der Waals surface area contributed by atoms with Crippen molar-refractivity contribution in [3.8, 4) is 0 Å². The summed E-state index contributed by atoms with van der Waals surface area (Å²) in [6.45, 7) is 0. The lowest BCUT2D eigenvalue weighted by atomic mass is 10.3. The number of anilines is 1. The van der Waals surface area contributed by atoms with Crippen molar-refractivity contribution >= 4 is 38.3 Å². The predicted molar refractivity (Wildman–Crippen MR) is 81.2 cm³/mol. The maximum atomic E-state index is 11.0. The van der Waals surface area contributed by atoms with Crippen molar-refractivity contribution in [3.63, 3.8) is 0 Å². The number of rotatable bonds is 6. The third kappa shape index (κ3) is 4.43. The van der Waals surface area contributed by atoms with E-state index in [1.165, 1.54) is 6.26 Å². The number of aromatic nitrogens is 2. The number of imidazole rings is 1. The molecule has 0 radical (unpaired) electrons. The van der Waals surface area contributed by atoms with Gasteiger partial charge >= 0.3 is 0 Å². The van der Waals surface area contributed by atoms with Crippen LogP contribution in [0.2, 0.25) is 0 Å². The number of thioether (sulfide) groups is 1. The van der Waals surface area contributed by atoms with Crippen molar-refractivity contribution in [2.24, 2.45) is 0 Å². The lowest BCUT2D eigenvalue weighted by Gasteiger charge is -1.98. The molecule has 0 bridgehead atoms. The molecule has 3 N–H and O–H groups in total. The molecule has 0 unspecified atom stereocenters. The average molecular weight is 299 g/mol. The Bertz CT molecular complexity index is 665. The molecule has 5 nitrogen and oxygen atoms in total. The Morgan fingerprint density at radius 2 is 2.16 bits per heavy atom. The molecule has 19 heavy (non-hydrogen) atoms. The number of sulfone groups is 1. The van der Waals surface area contributed by atoms with Gasteiger partial charge in [0.05, 0.1) is 16.8 Å². The first-order chi connectivity index (χ1) is 8.94. The standard InChI is InChI=1S/C12H17N3O2S2/c1-19(16,17)7-6-18-5-4-12-14-10-3-2-9(13)8-11(10)15-12/h2-3,8H,4-7,13H2,1H3,(H,14,15). The molecule has 0 fully saturated rings. The first-order valence-electron chi connectivity index (χ1n) is 5.94. The summed E-state index contributed by atoms with van der Waals surface area (Å²) in [4.78, 5) is 7.68. The summed E-state index contributed by atoms with van der Waals surface area (Å²) in [5.41, 5.74) is 8.27. The minimum absolute atomic E-state index is 0.230. The highest BCUT2D eigenvalue weighted by molar-refractivity contribution is 8.00. The van der Waals surface area contributed by atoms with Crippen LogP contribution in [0, 0.1) is 0 Å². The SMILES string of the molecule is CS(=O)(=O)CCSCCc1nc2ccc(N)cc2[nH]1. The molecule has 2 aromatic rings. The highest BCUT2D eigenvalue weighted by Crippen LogP contribution is 2.16. The Labute approximate surface area is 116 Å². The number of H-pyrrole nitrogens is 1. The van der Waals surface area contributed by atoms with E-state index in [9.17, 15) is 8.42 Å². The zero-order valence-electron chi connectivity index (χ0n) is 10.7. The summed E-state index contributed by atoms with van der Waals surface area (Å²) < 4.78 is 21.9. The fourth-order valence-corrected chi connectivity index (χ4v) is 3.90. The van der Waals surface area contributed by atoms with Crippen molar-refractivity contribution in [3.05, 3.63) is 24.0 Å². The summed E-state index contributed by atoms with van der Waals surface area (Å²) in [5.74, 6) is 2.62. The summed E-state index contributed by atoms with van der Waals surface area (Å²) >= 11 is 1.62. The first-order valence-corrected chi connectivity index (χ1v) is 9.15. The van der Waals surface area contributed by atoms with Crippen LogP contribution >= 0.6 is 11.8 Å². The predicted octanol–water partition coefficient (Wildman–Crippen LogP) is 1.47. The van der Waals surface area contributed by atoms with Gasteiger partial charge in [0.2, 0.25) is 0 Å². The Morgan fingerprint density at radius 3 is 2.89 bits per heavy atom. The van der Waals surface area contributed by atoms with Gasteiger partial charge in [-0.15, -0.1) is 0 Å². The minimum Gasteiger partial charge on any atom is -0.399 e. The van der Waals surface area contributed by atoms with Gasteiger partial charge in [0, 0.05) is 29.9 Å². The number of nitrogens with one attached hydrogen (secondary N) is 1. The van der Waals surface area contributed by atoms with Crippen molar-refractivity contribution in [1.82, 2.24) is 9.97 Å². The van der Waals surface area contributed by atoms with Crippen LogP contribution in [0.15, 0.2) is 18.2 Å². The topological polar surface area (TPSA) is 88.8 Å². The molecule has 0 saturated heterocycles. The third-order valence-electron chi connectivity index (χ3n) is 2.64. The van der Waals surface area contributed by atoms with E-state index < -0.39 is 9.84 Å². The number of hydrogen-bond acceptors (Lipinski definition) is 5. The van der Waals surface area contributed by atoms with Gasteiger partial charge in [0.25, 0.3) is 0 Å². The third-order valence-corrected chi connectivity index (χ3v) is 4.83. The largest absolute Gasteiger partial charge is 0.399 e. The molecule has 0 spiro atoms. The van der Waals surface area contributed by atoms with E-state index in [-0.39, 0.29) is 5.75 Å². The molecular formula is C12H17N3O2S2. The number of hydrogen-bond donors (Lipinski definition) is 2. The average Bonchev–Trinajstić information content (AvgIpc) is 2.68. The maximum absolute atomic E-state index is 11.0. The van der Waals surface area contributed by atoms with E-state index in [2.05, 4.69) is 9.97 Å². The lowest BCUT2D eigenvalue weighted by Crippen LogP contribution is -2.05. The first kappa shape index (κ1) is 14.2. The van der Waals surface area contributed by atoms with Gasteiger partial charge in [-0.1, -0.05) is 0 Å². The van der Waals surface area contributed by atoms with Crippen LogP contribution < -0.4 is 5.73 Å². The molecule has 0 aliphatic heterocycles. The molecular weight excluding hydrogens is 282 g/mol. The van der Waals surface area contributed by atoms with Gasteiger partial charge < -0.3 is 10.7 Å². The number of fused-ring (bicyclic) bond motifs is 1. The van der Waals surface area contributed by atoms with Crippen molar-refractivity contribution < 1.29 is 8.42 Å². The van der Waals surface area contributed by atoms with E-state index >= 15 is 0 Å². The van der Waals surface area contributed by atoms with Crippen LogP contribution in [0.3, 0.4) is 0 Å². The molecule has 0 saturated carbocycles. The van der Waals surface area contributed by atoms with Crippen molar-refractivity contribution in [2.75, 3.05) is 29.2 Å². The quantitative estimate of drug-likeness (QED) is 0.623. The summed E-state index contributed by atoms with van der Waals surface area (Å²) in [7, 11) is -2.85. The normalized spacial score (nSPS) is 12.1. The van der Waals surface area contributed by atoms with Crippen LogP contribution in [0.25, 0.3) is 11.0 Å². The van der Waals surface area contributed by atoms with Crippen LogP contribution in [-0.2, 0) is 16.3 Å². The summed E-state index contributed by atoms with van der Waals surface area (Å²) in [6, 6.07) is 5.58. The monoisotopic (exact) mass is 299 g/mol. The van der Waals surface area contributed by atoms with Crippen molar-refractivity contribution in [1.29, 1.82) is 0 Å². The Balaban J connectivity index is 1.85. The fourth-order valence-electron chi connectivity index (χ4n) is 1.68. The Morgan fingerprint density at radius 1 is 1.37 bits per heavy atom. The molecule has 1 aromatic heterocycles. The number of aromatic amines is 1. The van der Waals surface area contributed by atoms with E-state index in [0.29, 0.717) is 11.4 Å². The lowest BCUT2D eigenvalue weighted by molar-refractivity contribution is 0.603. The van der Waals surface area contributed by atoms with Gasteiger partial charge in [-0.2, -0.15) is 11.8 Å². The number of nitrogens with two attached hydrogens (primary N) is 1. The Hall–Kier alpha value is -1.21. The van der Waals surface area contributed by atoms with Gasteiger partial charge in [0.1, 0.15) is 15.7 Å². The molecule has 0 aliphatic carbocycles. The molecule has 0 amide bonds. The van der Waals surface area contributed by atoms with E-state index in [4.69, 9.17) is 5.73 Å². The number of nitrogens with zero attached hydrogens (tertiary/aromatic N) is 1. The fraction of sp³-hybridized carbons (Fsp3) is 0.417. The minimum atomic E-state index is -2.85. The van der Waals surface area contributed by atoms with Gasteiger partial charge in [-0.05, 0) is 18.2 Å². The zero-order valence-corrected chi connectivity index (χ0v) is 12.4. The molecule has 1 aromatic carbocycles. The van der Waals surface area contributed by atoms with Crippen molar-refractivity contribution in [2.45, 2.75) is 6.42 Å². The molecule has 7 heteroatoms. The second kappa shape index (κ2) is 5.83. The molecule has 2 rings (SSSR count). The summed E-state index contributed by atoms with van der Waals surface area (Å²) in [6.07, 6.45) is 2.06. The molecule has 0 aliphatic rings. The van der Waals surface area contributed by atoms with Gasteiger partial charge in [0.15, 0.2) is 0 Å². The second-order valence-electron chi connectivity index (χ2n) is 4.45. The number of benzene rings is 1. The number of nitrogen functional groups attached to an aromatic ring is 1. The van der Waals surface area contributed by atoms with Crippen LogP contribution in [0.1, 0.15) is 5.82 Å². The van der Waals surface area contributed by atoms with E-state index in [0.717, 1.165) is 29.0 Å². The second-order valence-corrected chi connectivity index (χ2v) is 7.94. The Kier molecular flexibility index (Phi) is 4.36. The van der Waals surface area contributed by atoms with Gasteiger partial charge in [-0.3, -0.25) is 0 Å². The highest BCUT2D eigenvalue weighted by Gasteiger charge is 2.04. The highest BCUT2D eigenvalue weighted by atomic mass is 32.2. The van der Waals surface area contributed by atoms with Crippen LogP contribution in [0.4, 0.5) is 5.69 Å². The maximum Gasteiger partial charge on any atom is 0.148 e. The van der Waals surface area contributed by atoms with E-state index in [1.807, 2.05) is 18.2 Å². The van der Waals surface area contributed by atoms with Crippen LogP contribution in [-0.4, -0.2) is 41.9 Å². The summed E-state index contributed by atoms with van der Waals surface area (Å²) in [5, 5.41) is 0. The number of aryl methyl sites for hydroxylation is 1. The van der Waals surface area contributed by atoms with E-state index in [1.54, 1.807) is 11.8 Å². The smallest absolute Gasteiger partial charge is 0.148 e. The zero-order chi connectivity index (χ0) is 13.9. The molecule has 0 atom stereocenters. The van der Waals surface area contributed by atoms with Crippen LogP contribution in [0.5, 0.6) is 0 Å². The molecule has 104 valence electrons. The van der Waals surface area contributed by atoms with Gasteiger partial charge in [-0.25, -0.2) is 13.4 Å². The molecule has 1 heterocycles.